The van der Waals surface area contributed by atoms with Crippen molar-refractivity contribution in [1.29, 1.82) is 0 Å². The molecule has 0 fully saturated rings. The summed E-state index contributed by atoms with van der Waals surface area (Å²) in [5, 5.41) is 3.01. The largest absolute Gasteiger partial charge is 0.490 e. The Kier molecular flexibility index (Phi) is 5.78. The molecule has 1 aliphatic heterocycles. The summed E-state index contributed by atoms with van der Waals surface area (Å²) in [4.78, 5) is 4.24. The van der Waals surface area contributed by atoms with Crippen LogP contribution >= 0.6 is 0 Å². The maximum Gasteiger partial charge on any atom is 0.193 e. The van der Waals surface area contributed by atoms with Crippen LogP contribution in [-0.4, -0.2) is 31.8 Å². The van der Waals surface area contributed by atoms with Gasteiger partial charge < -0.3 is 25.3 Å². The van der Waals surface area contributed by atoms with Crippen LogP contribution in [0.2, 0.25) is 0 Å². The van der Waals surface area contributed by atoms with Gasteiger partial charge in [0.05, 0.1) is 19.8 Å². The highest BCUT2D eigenvalue weighted by Crippen LogP contribution is 2.32. The average molecular weight is 359 g/mol. The van der Waals surface area contributed by atoms with Crippen molar-refractivity contribution in [3.05, 3.63) is 48.3 Å². The zero-order valence-corrected chi connectivity index (χ0v) is 14.6. The monoisotopic (exact) mass is 359 g/mol. The molecule has 2 aromatic carbocycles. The number of hydrogen-bond donors (Lipinski definition) is 2. The molecule has 0 saturated carbocycles. The highest BCUT2D eigenvalue weighted by molar-refractivity contribution is 5.92. The van der Waals surface area contributed by atoms with E-state index in [0.29, 0.717) is 19.0 Å². The van der Waals surface area contributed by atoms with E-state index in [1.54, 1.807) is 25.1 Å². The van der Waals surface area contributed by atoms with Crippen molar-refractivity contribution in [2.24, 2.45) is 10.7 Å². The van der Waals surface area contributed by atoms with Crippen LogP contribution in [0.1, 0.15) is 13.3 Å². The molecule has 0 radical (unpaired) electrons. The molecule has 1 aliphatic rings. The summed E-state index contributed by atoms with van der Waals surface area (Å²) in [6.45, 7) is 3.35. The van der Waals surface area contributed by atoms with Crippen LogP contribution in [0.15, 0.2) is 47.5 Å². The first-order chi connectivity index (χ1) is 12.6. The first kappa shape index (κ1) is 17.8. The van der Waals surface area contributed by atoms with E-state index in [2.05, 4.69) is 10.3 Å². The van der Waals surface area contributed by atoms with Gasteiger partial charge >= 0.3 is 0 Å². The molecule has 2 aromatic rings. The Balaban J connectivity index is 1.56. The third kappa shape index (κ3) is 4.78. The van der Waals surface area contributed by atoms with Crippen molar-refractivity contribution in [2.45, 2.75) is 19.4 Å². The Morgan fingerprint density at radius 2 is 2.00 bits per heavy atom. The van der Waals surface area contributed by atoms with Crippen molar-refractivity contribution < 1.29 is 18.6 Å². The van der Waals surface area contributed by atoms with Crippen LogP contribution in [-0.2, 0) is 0 Å². The number of nitrogens with two attached hydrogens (primary N) is 1. The van der Waals surface area contributed by atoms with E-state index in [4.69, 9.17) is 19.9 Å². The minimum Gasteiger partial charge on any atom is -0.490 e. The number of guanidine groups is 1. The number of fused-ring (bicyclic) bond motifs is 1. The normalized spacial score (nSPS) is 15.1. The van der Waals surface area contributed by atoms with Gasteiger partial charge in [0.1, 0.15) is 6.10 Å². The van der Waals surface area contributed by atoms with Gasteiger partial charge in [0, 0.05) is 18.2 Å². The lowest BCUT2D eigenvalue weighted by atomic mass is 10.3. The molecular weight excluding hydrogens is 337 g/mol. The lowest BCUT2D eigenvalue weighted by molar-refractivity contribution is 0.220. The van der Waals surface area contributed by atoms with Gasteiger partial charge in [-0.3, -0.25) is 0 Å². The summed E-state index contributed by atoms with van der Waals surface area (Å²) in [7, 11) is 0. The Labute approximate surface area is 151 Å². The highest BCUT2D eigenvalue weighted by atomic mass is 19.1. The van der Waals surface area contributed by atoms with Gasteiger partial charge in [0.2, 0.25) is 0 Å². The number of ether oxygens (including phenoxy) is 3. The number of para-hydroxylation sites is 1. The number of nitrogens with one attached hydrogen (secondary N) is 1. The Morgan fingerprint density at radius 1 is 1.23 bits per heavy atom. The Bertz CT molecular complexity index is 782. The molecule has 0 saturated heterocycles. The molecule has 0 amide bonds. The van der Waals surface area contributed by atoms with E-state index in [0.717, 1.165) is 17.9 Å². The second-order valence-electron chi connectivity index (χ2n) is 5.92. The first-order valence-electron chi connectivity index (χ1n) is 8.49. The van der Waals surface area contributed by atoms with Crippen LogP contribution in [0, 0.1) is 5.82 Å². The van der Waals surface area contributed by atoms with E-state index in [1.165, 1.54) is 6.07 Å². The highest BCUT2D eigenvalue weighted by Gasteiger charge is 2.11. The molecule has 1 heterocycles. The second-order valence-corrected chi connectivity index (χ2v) is 5.92. The first-order valence-corrected chi connectivity index (χ1v) is 8.49. The molecule has 0 spiro atoms. The number of nitrogens with zero attached hydrogens (tertiary/aromatic N) is 1. The van der Waals surface area contributed by atoms with Crippen LogP contribution < -0.4 is 25.3 Å². The van der Waals surface area contributed by atoms with Crippen molar-refractivity contribution in [2.75, 3.05) is 25.1 Å². The SMILES string of the molecule is CC(CN=C(N)Nc1ccc2c(c1)OCCCO2)Oc1ccccc1F. The number of rotatable bonds is 5. The molecule has 7 heteroatoms. The van der Waals surface area contributed by atoms with E-state index in [-0.39, 0.29) is 24.4 Å². The summed E-state index contributed by atoms with van der Waals surface area (Å²) in [6, 6.07) is 11.8. The van der Waals surface area contributed by atoms with Gasteiger partial charge in [-0.05, 0) is 31.2 Å². The molecular formula is C19H22FN3O3. The maximum atomic E-state index is 13.6. The third-order valence-corrected chi connectivity index (χ3v) is 3.70. The molecule has 138 valence electrons. The lowest BCUT2D eigenvalue weighted by Crippen LogP contribution is -2.25. The van der Waals surface area contributed by atoms with Gasteiger partial charge in [-0.15, -0.1) is 0 Å². The van der Waals surface area contributed by atoms with Crippen molar-refractivity contribution in [1.82, 2.24) is 0 Å². The number of hydrogen-bond acceptors (Lipinski definition) is 4. The van der Waals surface area contributed by atoms with Crippen molar-refractivity contribution >= 4 is 11.6 Å². The molecule has 6 nitrogen and oxygen atoms in total. The van der Waals surface area contributed by atoms with Gasteiger partial charge in [-0.1, -0.05) is 12.1 Å². The van der Waals surface area contributed by atoms with E-state index >= 15 is 0 Å². The summed E-state index contributed by atoms with van der Waals surface area (Å²) < 4.78 is 30.4. The summed E-state index contributed by atoms with van der Waals surface area (Å²) in [5.41, 5.74) is 6.67. The van der Waals surface area contributed by atoms with Crippen LogP contribution in [0.3, 0.4) is 0 Å². The topological polar surface area (TPSA) is 78.1 Å². The van der Waals surface area contributed by atoms with Gasteiger partial charge in [-0.2, -0.15) is 0 Å². The van der Waals surface area contributed by atoms with Gasteiger partial charge in [0.15, 0.2) is 29.0 Å². The minimum absolute atomic E-state index is 0.199. The van der Waals surface area contributed by atoms with Gasteiger partial charge in [0.25, 0.3) is 0 Å². The third-order valence-electron chi connectivity index (χ3n) is 3.70. The fraction of sp³-hybridized carbons (Fsp3) is 0.316. The molecule has 0 bridgehead atoms. The van der Waals surface area contributed by atoms with E-state index < -0.39 is 5.82 Å². The molecule has 0 aromatic heterocycles. The van der Waals surface area contributed by atoms with Crippen LogP contribution in [0.25, 0.3) is 0 Å². The number of aliphatic imine (C=N–C) groups is 1. The van der Waals surface area contributed by atoms with Crippen LogP contribution in [0.4, 0.5) is 10.1 Å². The molecule has 3 N–H and O–H groups in total. The molecule has 0 aliphatic carbocycles. The Hall–Kier alpha value is -2.96. The van der Waals surface area contributed by atoms with Gasteiger partial charge in [-0.25, -0.2) is 9.38 Å². The molecule has 1 unspecified atom stereocenters. The maximum absolute atomic E-state index is 13.6. The predicted octanol–water partition coefficient (Wildman–Crippen LogP) is 3.18. The van der Waals surface area contributed by atoms with Crippen molar-refractivity contribution in [3.8, 4) is 17.2 Å². The summed E-state index contributed by atoms with van der Waals surface area (Å²) in [6.07, 6.45) is 0.525. The number of halogens is 1. The number of anilines is 1. The predicted molar refractivity (Wildman–Crippen MR) is 98.7 cm³/mol. The standard InChI is InChI=1S/C19H22FN3O3/c1-13(26-16-6-3-2-5-15(16)20)12-22-19(21)23-14-7-8-17-18(11-14)25-10-4-9-24-17/h2-3,5-8,11,13H,4,9-10,12H2,1H3,(H3,21,22,23). The molecule has 26 heavy (non-hydrogen) atoms. The van der Waals surface area contributed by atoms with E-state index in [9.17, 15) is 4.39 Å². The zero-order valence-electron chi connectivity index (χ0n) is 14.6. The van der Waals surface area contributed by atoms with Crippen molar-refractivity contribution in [3.63, 3.8) is 0 Å². The summed E-state index contributed by atoms with van der Waals surface area (Å²) >= 11 is 0. The minimum atomic E-state index is -0.401. The number of benzene rings is 2. The fourth-order valence-electron chi connectivity index (χ4n) is 2.45. The second kappa shape index (κ2) is 8.42. The Morgan fingerprint density at radius 3 is 2.81 bits per heavy atom. The smallest absolute Gasteiger partial charge is 0.193 e. The molecule has 1 atom stereocenters. The van der Waals surface area contributed by atoms with E-state index in [1.807, 2.05) is 18.2 Å². The average Bonchev–Trinajstić information content (AvgIpc) is 2.87. The molecule has 3 rings (SSSR count). The summed E-state index contributed by atoms with van der Waals surface area (Å²) in [5.74, 6) is 1.43. The van der Waals surface area contributed by atoms with Crippen LogP contribution in [0.5, 0.6) is 17.2 Å². The lowest BCUT2D eigenvalue weighted by Gasteiger charge is -2.14. The fourth-order valence-corrected chi connectivity index (χ4v) is 2.45. The zero-order chi connectivity index (χ0) is 18.4. The quantitative estimate of drug-likeness (QED) is 0.633.